The van der Waals surface area contributed by atoms with Crippen LogP contribution < -0.4 is 15.4 Å². The van der Waals surface area contributed by atoms with Gasteiger partial charge in [-0.25, -0.2) is 8.42 Å². The van der Waals surface area contributed by atoms with Gasteiger partial charge in [0.15, 0.2) is 0 Å². The van der Waals surface area contributed by atoms with Crippen molar-refractivity contribution in [3.63, 3.8) is 0 Å². The molecule has 0 bridgehead atoms. The number of rotatable bonds is 10. The molecule has 0 saturated carbocycles. The minimum atomic E-state index is -3.71. The van der Waals surface area contributed by atoms with Crippen LogP contribution in [0.5, 0.6) is 0 Å². The van der Waals surface area contributed by atoms with Crippen LogP contribution in [0.3, 0.4) is 0 Å². The fraction of sp³-hybridized carbons (Fsp3) is 0.350. The number of sulfonamides is 1. The summed E-state index contributed by atoms with van der Waals surface area (Å²) in [6.07, 6.45) is 4.15. The SMILES string of the molecule is CN(c1ccccc1)S(=O)(=O)c1cccc(NC(=O)CCCCCCN)c1. The number of para-hydroxylation sites is 1. The highest BCUT2D eigenvalue weighted by atomic mass is 32.2. The fourth-order valence-electron chi connectivity index (χ4n) is 2.68. The van der Waals surface area contributed by atoms with Gasteiger partial charge in [-0.15, -0.1) is 0 Å². The van der Waals surface area contributed by atoms with Crippen LogP contribution in [0.15, 0.2) is 59.5 Å². The molecule has 0 aliphatic heterocycles. The van der Waals surface area contributed by atoms with Crippen LogP contribution >= 0.6 is 0 Å². The van der Waals surface area contributed by atoms with Crippen LogP contribution in [-0.4, -0.2) is 27.9 Å². The minimum Gasteiger partial charge on any atom is -0.330 e. The van der Waals surface area contributed by atoms with Gasteiger partial charge in [0.2, 0.25) is 5.91 Å². The third kappa shape index (κ3) is 6.08. The number of hydrogen-bond acceptors (Lipinski definition) is 4. The number of anilines is 2. The summed E-state index contributed by atoms with van der Waals surface area (Å²) in [6, 6.07) is 15.2. The highest BCUT2D eigenvalue weighted by Crippen LogP contribution is 2.23. The lowest BCUT2D eigenvalue weighted by Gasteiger charge is -2.19. The Kier molecular flexibility index (Phi) is 7.82. The second-order valence-electron chi connectivity index (χ2n) is 6.34. The van der Waals surface area contributed by atoms with E-state index in [0.29, 0.717) is 24.3 Å². The van der Waals surface area contributed by atoms with Crippen molar-refractivity contribution >= 4 is 27.3 Å². The highest BCUT2D eigenvalue weighted by molar-refractivity contribution is 7.92. The van der Waals surface area contributed by atoms with Gasteiger partial charge >= 0.3 is 0 Å². The van der Waals surface area contributed by atoms with E-state index in [4.69, 9.17) is 5.73 Å². The summed E-state index contributed by atoms with van der Waals surface area (Å²) >= 11 is 0. The molecule has 2 aromatic carbocycles. The van der Waals surface area contributed by atoms with Gasteiger partial charge in [0.1, 0.15) is 0 Å². The Morgan fingerprint density at radius 3 is 2.41 bits per heavy atom. The zero-order valence-corrected chi connectivity index (χ0v) is 16.4. The Bertz CT molecular complexity index is 839. The summed E-state index contributed by atoms with van der Waals surface area (Å²) in [6.45, 7) is 0.672. The van der Waals surface area contributed by atoms with E-state index in [2.05, 4.69) is 5.32 Å². The van der Waals surface area contributed by atoms with Gasteiger partial charge in [0.25, 0.3) is 10.0 Å². The number of nitrogens with zero attached hydrogens (tertiary/aromatic N) is 1. The first-order valence-corrected chi connectivity index (χ1v) is 10.5. The largest absolute Gasteiger partial charge is 0.330 e. The molecule has 1 amide bonds. The molecule has 0 spiro atoms. The standard InChI is InChI=1S/C20H27N3O3S/c1-23(18-11-5-4-6-12-18)27(25,26)19-13-9-10-17(16-19)22-20(24)14-7-2-3-8-15-21/h4-6,9-13,16H,2-3,7-8,14-15,21H2,1H3,(H,22,24). The molecule has 6 nitrogen and oxygen atoms in total. The Labute approximate surface area is 161 Å². The zero-order valence-electron chi connectivity index (χ0n) is 15.6. The molecule has 0 aliphatic rings. The van der Waals surface area contributed by atoms with Crippen LogP contribution in [0, 0.1) is 0 Å². The van der Waals surface area contributed by atoms with Crippen LogP contribution in [0.4, 0.5) is 11.4 Å². The predicted molar refractivity (Wildman–Crippen MR) is 109 cm³/mol. The van der Waals surface area contributed by atoms with Crippen LogP contribution in [0.2, 0.25) is 0 Å². The Balaban J connectivity index is 2.03. The van der Waals surface area contributed by atoms with Gasteiger partial charge in [-0.3, -0.25) is 9.10 Å². The van der Waals surface area contributed by atoms with Crippen molar-refractivity contribution in [2.75, 3.05) is 23.2 Å². The smallest absolute Gasteiger partial charge is 0.264 e. The van der Waals surface area contributed by atoms with Crippen molar-refractivity contribution in [1.29, 1.82) is 0 Å². The molecular weight excluding hydrogens is 362 g/mol. The molecule has 3 N–H and O–H groups in total. The van der Waals surface area contributed by atoms with Gasteiger partial charge in [0, 0.05) is 19.2 Å². The summed E-state index contributed by atoms with van der Waals surface area (Å²) in [4.78, 5) is 12.2. The van der Waals surface area contributed by atoms with E-state index in [1.165, 1.54) is 23.5 Å². The number of amides is 1. The fourth-order valence-corrected chi connectivity index (χ4v) is 3.92. The lowest BCUT2D eigenvalue weighted by Crippen LogP contribution is -2.26. The first-order chi connectivity index (χ1) is 12.9. The van der Waals surface area contributed by atoms with Crippen molar-refractivity contribution < 1.29 is 13.2 Å². The summed E-state index contributed by atoms with van der Waals surface area (Å²) in [7, 11) is -2.20. The maximum Gasteiger partial charge on any atom is 0.264 e. The Hall–Kier alpha value is -2.38. The molecular formula is C20H27N3O3S. The molecule has 0 aliphatic carbocycles. The summed E-state index contributed by atoms with van der Waals surface area (Å²) in [5, 5.41) is 2.78. The number of carbonyl (C=O) groups excluding carboxylic acids is 1. The number of nitrogens with one attached hydrogen (secondary N) is 1. The van der Waals surface area contributed by atoms with Gasteiger partial charge < -0.3 is 11.1 Å². The first kappa shape index (κ1) is 20.9. The van der Waals surface area contributed by atoms with E-state index in [-0.39, 0.29) is 10.8 Å². The maximum atomic E-state index is 12.8. The molecule has 2 aromatic rings. The molecule has 27 heavy (non-hydrogen) atoms. The number of carbonyl (C=O) groups is 1. The van der Waals surface area contributed by atoms with Crippen LogP contribution in [0.25, 0.3) is 0 Å². The molecule has 0 aromatic heterocycles. The van der Waals surface area contributed by atoms with Crippen molar-refractivity contribution in [3.8, 4) is 0 Å². The van der Waals surface area contributed by atoms with Gasteiger partial charge in [-0.2, -0.15) is 0 Å². The van der Waals surface area contributed by atoms with Gasteiger partial charge in [-0.1, -0.05) is 37.1 Å². The third-order valence-corrected chi connectivity index (χ3v) is 6.04. The number of nitrogens with two attached hydrogens (primary N) is 1. The lowest BCUT2D eigenvalue weighted by atomic mass is 10.1. The van der Waals surface area contributed by atoms with Crippen LogP contribution in [-0.2, 0) is 14.8 Å². The average Bonchev–Trinajstić information content (AvgIpc) is 2.68. The third-order valence-electron chi connectivity index (χ3n) is 4.25. The Morgan fingerprint density at radius 2 is 1.70 bits per heavy atom. The van der Waals surface area contributed by atoms with E-state index in [1.54, 1.807) is 36.4 Å². The van der Waals surface area contributed by atoms with E-state index in [9.17, 15) is 13.2 Å². The molecule has 0 radical (unpaired) electrons. The molecule has 146 valence electrons. The summed E-state index contributed by atoms with van der Waals surface area (Å²) in [5.74, 6) is -0.117. The topological polar surface area (TPSA) is 92.5 Å². The van der Waals surface area contributed by atoms with Crippen molar-refractivity contribution in [2.24, 2.45) is 5.73 Å². The average molecular weight is 390 g/mol. The molecule has 7 heteroatoms. The monoisotopic (exact) mass is 389 g/mol. The molecule has 0 saturated heterocycles. The van der Waals surface area contributed by atoms with Crippen molar-refractivity contribution in [1.82, 2.24) is 0 Å². The molecule has 0 unspecified atom stereocenters. The highest BCUT2D eigenvalue weighted by Gasteiger charge is 2.21. The van der Waals surface area contributed by atoms with Gasteiger partial charge in [0.05, 0.1) is 10.6 Å². The van der Waals surface area contributed by atoms with Crippen molar-refractivity contribution in [2.45, 2.75) is 37.0 Å². The molecule has 0 heterocycles. The number of benzene rings is 2. The second kappa shape index (κ2) is 10.1. The lowest BCUT2D eigenvalue weighted by molar-refractivity contribution is -0.116. The van der Waals surface area contributed by atoms with Crippen molar-refractivity contribution in [3.05, 3.63) is 54.6 Å². The number of hydrogen-bond donors (Lipinski definition) is 2. The summed E-state index contributed by atoms with van der Waals surface area (Å²) in [5.41, 5.74) is 6.50. The molecule has 2 rings (SSSR count). The van der Waals surface area contributed by atoms with Crippen LogP contribution in [0.1, 0.15) is 32.1 Å². The number of unbranched alkanes of at least 4 members (excludes halogenated alkanes) is 3. The molecule has 0 atom stereocenters. The van der Waals surface area contributed by atoms with E-state index >= 15 is 0 Å². The Morgan fingerprint density at radius 1 is 1.00 bits per heavy atom. The predicted octanol–water partition coefficient (Wildman–Crippen LogP) is 3.36. The summed E-state index contributed by atoms with van der Waals surface area (Å²) < 4.78 is 26.9. The van der Waals surface area contributed by atoms with E-state index in [0.717, 1.165) is 25.7 Å². The maximum absolute atomic E-state index is 12.8. The van der Waals surface area contributed by atoms with E-state index in [1.807, 2.05) is 6.07 Å². The zero-order chi connectivity index (χ0) is 19.7. The van der Waals surface area contributed by atoms with Gasteiger partial charge in [-0.05, 0) is 49.7 Å². The minimum absolute atomic E-state index is 0.117. The van der Waals surface area contributed by atoms with E-state index < -0.39 is 10.0 Å². The normalized spacial score (nSPS) is 11.2. The quantitative estimate of drug-likeness (QED) is 0.610. The second-order valence-corrected chi connectivity index (χ2v) is 8.31. The molecule has 0 fully saturated rings. The first-order valence-electron chi connectivity index (χ1n) is 9.09.